The predicted octanol–water partition coefficient (Wildman–Crippen LogP) is 2.47. The van der Waals surface area contributed by atoms with Gasteiger partial charge in [0.05, 0.1) is 17.1 Å². The minimum absolute atomic E-state index is 0.269. The minimum atomic E-state index is 0.269. The first-order valence-electron chi connectivity index (χ1n) is 8.13. The van der Waals surface area contributed by atoms with E-state index < -0.39 is 0 Å². The summed E-state index contributed by atoms with van der Waals surface area (Å²) in [5.41, 5.74) is 0.937. The molecule has 0 N–H and O–H groups in total. The van der Waals surface area contributed by atoms with Crippen LogP contribution in [-0.2, 0) is 11.2 Å². The van der Waals surface area contributed by atoms with E-state index in [0.29, 0.717) is 18.5 Å². The molecule has 21 heavy (non-hydrogen) atoms. The molecular formula is C16H25N3OS. The Morgan fingerprint density at radius 3 is 2.81 bits per heavy atom. The fourth-order valence-corrected chi connectivity index (χ4v) is 4.54. The number of carbonyl (C=O) groups excluding carboxylic acids is 1. The fourth-order valence-electron chi connectivity index (χ4n) is 3.93. The van der Waals surface area contributed by atoms with Crippen molar-refractivity contribution >= 4 is 17.2 Å². The van der Waals surface area contributed by atoms with Crippen molar-refractivity contribution in [1.29, 1.82) is 0 Å². The zero-order chi connectivity index (χ0) is 14.8. The van der Waals surface area contributed by atoms with Gasteiger partial charge in [0.25, 0.3) is 0 Å². The lowest BCUT2D eigenvalue weighted by Crippen LogP contribution is -2.48. The highest BCUT2D eigenvalue weighted by Crippen LogP contribution is 2.30. The fraction of sp³-hybridized carbons (Fsp3) is 0.750. The van der Waals surface area contributed by atoms with Crippen molar-refractivity contribution in [3.63, 3.8) is 0 Å². The highest BCUT2D eigenvalue weighted by molar-refractivity contribution is 7.09. The van der Waals surface area contributed by atoms with E-state index in [0.717, 1.165) is 30.2 Å². The van der Waals surface area contributed by atoms with Crippen LogP contribution in [0.1, 0.15) is 43.3 Å². The van der Waals surface area contributed by atoms with E-state index in [9.17, 15) is 4.79 Å². The summed E-state index contributed by atoms with van der Waals surface area (Å²) in [6.07, 6.45) is 5.32. The minimum Gasteiger partial charge on any atom is -0.338 e. The van der Waals surface area contributed by atoms with Crippen molar-refractivity contribution in [2.45, 2.75) is 58.0 Å². The molecule has 2 aliphatic rings. The highest BCUT2D eigenvalue weighted by atomic mass is 32.1. The molecule has 0 aliphatic carbocycles. The van der Waals surface area contributed by atoms with Crippen LogP contribution in [0, 0.1) is 6.92 Å². The molecule has 0 radical (unpaired) electrons. The van der Waals surface area contributed by atoms with Crippen molar-refractivity contribution in [1.82, 2.24) is 14.8 Å². The van der Waals surface area contributed by atoms with E-state index in [4.69, 9.17) is 0 Å². The summed E-state index contributed by atoms with van der Waals surface area (Å²) in [7, 11) is 0. The number of rotatable bonds is 4. The average molecular weight is 307 g/mol. The van der Waals surface area contributed by atoms with Crippen molar-refractivity contribution in [2.24, 2.45) is 0 Å². The third-order valence-corrected chi connectivity index (χ3v) is 5.71. The number of carbonyl (C=O) groups is 1. The van der Waals surface area contributed by atoms with Crippen LogP contribution in [0.25, 0.3) is 0 Å². The molecule has 3 rings (SSSR count). The van der Waals surface area contributed by atoms with E-state index >= 15 is 0 Å². The molecule has 5 heteroatoms. The molecular weight excluding hydrogens is 282 g/mol. The SMILES string of the molecule is CCN1CCCC1C1CCCN1C(=O)Cc1csc(C)n1. The van der Waals surface area contributed by atoms with Crippen LogP contribution in [-0.4, -0.2) is 52.4 Å². The first-order chi connectivity index (χ1) is 10.2. The first-order valence-corrected chi connectivity index (χ1v) is 9.01. The monoisotopic (exact) mass is 307 g/mol. The summed E-state index contributed by atoms with van der Waals surface area (Å²) in [6.45, 7) is 7.46. The van der Waals surface area contributed by atoms with Crippen LogP contribution in [0.5, 0.6) is 0 Å². The molecule has 0 bridgehead atoms. The maximum atomic E-state index is 12.7. The molecule has 1 aromatic rings. The summed E-state index contributed by atoms with van der Waals surface area (Å²) >= 11 is 1.63. The lowest BCUT2D eigenvalue weighted by molar-refractivity contribution is -0.132. The number of likely N-dealkylation sites (N-methyl/N-ethyl adjacent to an activating group) is 1. The molecule has 0 spiro atoms. The average Bonchev–Trinajstić information content (AvgIpc) is 3.16. The molecule has 2 saturated heterocycles. The van der Waals surface area contributed by atoms with Crippen LogP contribution in [0.2, 0.25) is 0 Å². The lowest BCUT2D eigenvalue weighted by atomic mass is 10.0. The Hall–Kier alpha value is -0.940. The summed E-state index contributed by atoms with van der Waals surface area (Å²) in [5.74, 6) is 0.269. The Kier molecular flexibility index (Phi) is 4.60. The maximum Gasteiger partial charge on any atom is 0.228 e. The molecule has 2 unspecified atom stereocenters. The molecule has 0 aromatic carbocycles. The number of hydrogen-bond acceptors (Lipinski definition) is 4. The summed E-state index contributed by atoms with van der Waals surface area (Å²) in [4.78, 5) is 21.8. The molecule has 1 aromatic heterocycles. The maximum absolute atomic E-state index is 12.7. The Bertz CT molecular complexity index is 501. The van der Waals surface area contributed by atoms with Gasteiger partial charge in [0.15, 0.2) is 0 Å². The summed E-state index contributed by atoms with van der Waals surface area (Å²) in [6, 6.07) is 1.01. The standard InChI is InChI=1S/C16H25N3OS/c1-3-18-8-4-6-14(18)15-7-5-9-19(15)16(20)10-13-11-21-12(2)17-13/h11,14-15H,3-10H2,1-2H3. The zero-order valence-electron chi connectivity index (χ0n) is 13.0. The topological polar surface area (TPSA) is 36.4 Å². The summed E-state index contributed by atoms with van der Waals surface area (Å²) in [5, 5.41) is 3.07. The quantitative estimate of drug-likeness (QED) is 0.857. The van der Waals surface area contributed by atoms with Gasteiger partial charge in [0, 0.05) is 24.0 Å². The van der Waals surface area contributed by atoms with Gasteiger partial charge in [-0.05, 0) is 45.7 Å². The van der Waals surface area contributed by atoms with E-state index in [1.54, 1.807) is 11.3 Å². The number of hydrogen-bond donors (Lipinski definition) is 0. The van der Waals surface area contributed by atoms with E-state index in [2.05, 4.69) is 21.7 Å². The smallest absolute Gasteiger partial charge is 0.228 e. The van der Waals surface area contributed by atoms with Gasteiger partial charge in [0.1, 0.15) is 0 Å². The second-order valence-corrected chi connectivity index (χ2v) is 7.23. The Balaban J connectivity index is 1.67. The van der Waals surface area contributed by atoms with E-state index in [1.807, 2.05) is 12.3 Å². The van der Waals surface area contributed by atoms with Gasteiger partial charge >= 0.3 is 0 Å². The first kappa shape index (κ1) is 15.0. The van der Waals surface area contributed by atoms with Gasteiger partial charge in [0.2, 0.25) is 5.91 Å². The van der Waals surface area contributed by atoms with Gasteiger partial charge in [-0.25, -0.2) is 4.98 Å². The van der Waals surface area contributed by atoms with Gasteiger partial charge in [-0.15, -0.1) is 11.3 Å². The van der Waals surface area contributed by atoms with Crippen molar-refractivity contribution in [3.8, 4) is 0 Å². The number of thiazole rings is 1. The molecule has 4 nitrogen and oxygen atoms in total. The number of aromatic nitrogens is 1. The third kappa shape index (κ3) is 3.14. The molecule has 1 amide bonds. The number of amides is 1. The number of likely N-dealkylation sites (tertiary alicyclic amines) is 2. The Labute approximate surface area is 131 Å². The van der Waals surface area contributed by atoms with Gasteiger partial charge < -0.3 is 4.90 Å². The molecule has 3 heterocycles. The van der Waals surface area contributed by atoms with Crippen molar-refractivity contribution in [2.75, 3.05) is 19.6 Å². The summed E-state index contributed by atoms with van der Waals surface area (Å²) < 4.78 is 0. The van der Waals surface area contributed by atoms with Crippen LogP contribution in [0.4, 0.5) is 0 Å². The molecule has 2 aliphatic heterocycles. The largest absolute Gasteiger partial charge is 0.338 e. The predicted molar refractivity (Wildman–Crippen MR) is 85.6 cm³/mol. The second kappa shape index (κ2) is 6.44. The van der Waals surface area contributed by atoms with Crippen LogP contribution >= 0.6 is 11.3 Å². The van der Waals surface area contributed by atoms with Gasteiger partial charge in [-0.2, -0.15) is 0 Å². The van der Waals surface area contributed by atoms with Gasteiger partial charge in [-0.1, -0.05) is 6.92 Å². The number of aryl methyl sites for hydroxylation is 1. The highest BCUT2D eigenvalue weighted by Gasteiger charge is 2.38. The van der Waals surface area contributed by atoms with Gasteiger partial charge in [-0.3, -0.25) is 9.69 Å². The Morgan fingerprint density at radius 2 is 2.10 bits per heavy atom. The lowest BCUT2D eigenvalue weighted by Gasteiger charge is -2.34. The van der Waals surface area contributed by atoms with E-state index in [1.165, 1.54) is 25.8 Å². The molecule has 0 saturated carbocycles. The van der Waals surface area contributed by atoms with Crippen molar-refractivity contribution < 1.29 is 4.79 Å². The van der Waals surface area contributed by atoms with Crippen molar-refractivity contribution in [3.05, 3.63) is 16.1 Å². The zero-order valence-corrected chi connectivity index (χ0v) is 13.9. The molecule has 116 valence electrons. The number of nitrogens with zero attached hydrogens (tertiary/aromatic N) is 3. The van der Waals surface area contributed by atoms with Crippen LogP contribution in [0.3, 0.4) is 0 Å². The van der Waals surface area contributed by atoms with E-state index in [-0.39, 0.29) is 5.91 Å². The normalized spacial score (nSPS) is 26.7. The van der Waals surface area contributed by atoms with Crippen LogP contribution < -0.4 is 0 Å². The molecule has 2 atom stereocenters. The third-order valence-electron chi connectivity index (χ3n) is 4.88. The Morgan fingerprint density at radius 1 is 1.33 bits per heavy atom. The second-order valence-electron chi connectivity index (χ2n) is 6.17. The molecule has 2 fully saturated rings. The van der Waals surface area contributed by atoms with Crippen LogP contribution in [0.15, 0.2) is 5.38 Å².